The van der Waals surface area contributed by atoms with E-state index >= 15 is 0 Å². The molecule has 15 heavy (non-hydrogen) atoms. The van der Waals surface area contributed by atoms with Crippen LogP contribution in [-0.4, -0.2) is 50.3 Å². The predicted octanol–water partition coefficient (Wildman–Crippen LogP) is 1.02. The molecule has 1 atom stereocenters. The largest absolute Gasteiger partial charge is 0.379 e. The third kappa shape index (κ3) is 3.93. The molecule has 1 N–H and O–H groups in total. The highest BCUT2D eigenvalue weighted by Crippen LogP contribution is 2.09. The van der Waals surface area contributed by atoms with Crippen LogP contribution < -0.4 is 5.32 Å². The summed E-state index contributed by atoms with van der Waals surface area (Å²) in [5.74, 6) is 0. The molecule has 0 bridgehead atoms. The van der Waals surface area contributed by atoms with E-state index in [1.165, 1.54) is 19.3 Å². The van der Waals surface area contributed by atoms with Crippen LogP contribution >= 0.6 is 0 Å². The standard InChI is InChI=1S/C12H22N2O/c1-2-4-12(5-3-1)13-6-7-14-8-10-15-11-9-14/h2,4,12-13H,1,3,5-11H2. The quantitative estimate of drug-likeness (QED) is 0.701. The van der Waals surface area contributed by atoms with Crippen LogP contribution in [0.5, 0.6) is 0 Å². The van der Waals surface area contributed by atoms with Gasteiger partial charge in [0.2, 0.25) is 0 Å². The molecule has 0 aromatic rings. The Bertz CT molecular complexity index is 200. The molecule has 0 aromatic carbocycles. The third-order valence-electron chi connectivity index (χ3n) is 3.19. The summed E-state index contributed by atoms with van der Waals surface area (Å²) >= 11 is 0. The van der Waals surface area contributed by atoms with Crippen molar-refractivity contribution in [1.82, 2.24) is 10.2 Å². The second-order valence-corrected chi connectivity index (χ2v) is 4.37. The van der Waals surface area contributed by atoms with Gasteiger partial charge < -0.3 is 10.1 Å². The summed E-state index contributed by atoms with van der Waals surface area (Å²) in [5, 5.41) is 3.60. The van der Waals surface area contributed by atoms with E-state index in [9.17, 15) is 0 Å². The number of ether oxygens (including phenoxy) is 1. The van der Waals surface area contributed by atoms with E-state index in [1.54, 1.807) is 0 Å². The molecule has 2 rings (SSSR count). The fourth-order valence-corrected chi connectivity index (χ4v) is 2.22. The first kappa shape index (κ1) is 11.1. The van der Waals surface area contributed by atoms with E-state index in [4.69, 9.17) is 4.74 Å². The van der Waals surface area contributed by atoms with Gasteiger partial charge in [-0.1, -0.05) is 12.2 Å². The van der Waals surface area contributed by atoms with Crippen molar-refractivity contribution >= 4 is 0 Å². The highest BCUT2D eigenvalue weighted by atomic mass is 16.5. The van der Waals surface area contributed by atoms with Crippen LogP contribution in [0.1, 0.15) is 19.3 Å². The molecule has 0 radical (unpaired) electrons. The Morgan fingerprint density at radius 2 is 2.20 bits per heavy atom. The monoisotopic (exact) mass is 210 g/mol. The van der Waals surface area contributed by atoms with Crippen molar-refractivity contribution in [3.05, 3.63) is 12.2 Å². The van der Waals surface area contributed by atoms with Crippen molar-refractivity contribution < 1.29 is 4.74 Å². The lowest BCUT2D eigenvalue weighted by atomic mass is 10.0. The van der Waals surface area contributed by atoms with Crippen molar-refractivity contribution in [3.8, 4) is 0 Å². The zero-order valence-corrected chi connectivity index (χ0v) is 9.45. The summed E-state index contributed by atoms with van der Waals surface area (Å²) in [6.07, 6.45) is 8.53. The minimum atomic E-state index is 0.625. The Morgan fingerprint density at radius 3 is 2.93 bits per heavy atom. The van der Waals surface area contributed by atoms with Crippen molar-refractivity contribution in [2.75, 3.05) is 39.4 Å². The lowest BCUT2D eigenvalue weighted by molar-refractivity contribution is 0.0382. The smallest absolute Gasteiger partial charge is 0.0594 e. The van der Waals surface area contributed by atoms with E-state index < -0.39 is 0 Å². The summed E-state index contributed by atoms with van der Waals surface area (Å²) in [4.78, 5) is 2.48. The van der Waals surface area contributed by atoms with Gasteiger partial charge in [0.05, 0.1) is 13.2 Å². The molecular weight excluding hydrogens is 188 g/mol. The minimum absolute atomic E-state index is 0.625. The van der Waals surface area contributed by atoms with Crippen molar-refractivity contribution in [3.63, 3.8) is 0 Å². The molecule has 0 amide bonds. The summed E-state index contributed by atoms with van der Waals surface area (Å²) in [7, 11) is 0. The lowest BCUT2D eigenvalue weighted by Crippen LogP contribution is -2.42. The molecule has 1 fully saturated rings. The van der Waals surface area contributed by atoms with Gasteiger partial charge in [0.25, 0.3) is 0 Å². The Hall–Kier alpha value is -0.380. The molecule has 0 aromatic heterocycles. The molecule has 0 spiro atoms. The SMILES string of the molecule is C1=CC(NCCN2CCOCC2)CCC1. The summed E-state index contributed by atoms with van der Waals surface area (Å²) in [6, 6.07) is 0.625. The normalized spacial score (nSPS) is 28.1. The molecule has 1 heterocycles. The molecule has 86 valence electrons. The maximum atomic E-state index is 5.32. The number of rotatable bonds is 4. The zero-order valence-electron chi connectivity index (χ0n) is 9.45. The van der Waals surface area contributed by atoms with E-state index in [0.717, 1.165) is 39.4 Å². The van der Waals surface area contributed by atoms with Crippen molar-refractivity contribution in [2.45, 2.75) is 25.3 Å². The topological polar surface area (TPSA) is 24.5 Å². The molecule has 1 aliphatic carbocycles. The average Bonchev–Trinajstić information content (AvgIpc) is 2.32. The second kappa shape index (κ2) is 6.26. The Kier molecular flexibility index (Phi) is 4.64. The molecule has 3 heteroatoms. The van der Waals surface area contributed by atoms with E-state index in [0.29, 0.717) is 6.04 Å². The van der Waals surface area contributed by atoms with Crippen LogP contribution in [0.4, 0.5) is 0 Å². The van der Waals surface area contributed by atoms with Gasteiger partial charge in [-0.2, -0.15) is 0 Å². The number of hydrogen-bond acceptors (Lipinski definition) is 3. The number of allylic oxidation sites excluding steroid dienone is 1. The lowest BCUT2D eigenvalue weighted by Gasteiger charge is -2.27. The first-order chi connectivity index (χ1) is 7.45. The van der Waals surface area contributed by atoms with Crippen molar-refractivity contribution in [2.24, 2.45) is 0 Å². The predicted molar refractivity (Wildman–Crippen MR) is 62.0 cm³/mol. The first-order valence-electron chi connectivity index (χ1n) is 6.15. The molecule has 2 aliphatic rings. The Balaban J connectivity index is 1.57. The van der Waals surface area contributed by atoms with Crippen LogP contribution in [0.25, 0.3) is 0 Å². The highest BCUT2D eigenvalue weighted by Gasteiger charge is 2.11. The molecule has 3 nitrogen and oxygen atoms in total. The van der Waals surface area contributed by atoms with Crippen LogP contribution in [-0.2, 0) is 4.74 Å². The third-order valence-corrected chi connectivity index (χ3v) is 3.19. The van der Waals surface area contributed by atoms with Gasteiger partial charge in [-0.05, 0) is 19.3 Å². The number of nitrogens with zero attached hydrogens (tertiary/aromatic N) is 1. The van der Waals surface area contributed by atoms with Gasteiger partial charge >= 0.3 is 0 Å². The van der Waals surface area contributed by atoms with Gasteiger partial charge in [-0.25, -0.2) is 0 Å². The molecule has 0 saturated carbocycles. The maximum Gasteiger partial charge on any atom is 0.0594 e. The van der Waals surface area contributed by atoms with Crippen LogP contribution in [0.3, 0.4) is 0 Å². The summed E-state index contributed by atoms with van der Waals surface area (Å²) in [6.45, 7) is 6.28. The molecule has 1 unspecified atom stereocenters. The fourth-order valence-electron chi connectivity index (χ4n) is 2.22. The van der Waals surface area contributed by atoms with E-state index in [1.807, 2.05) is 0 Å². The first-order valence-corrected chi connectivity index (χ1v) is 6.15. The van der Waals surface area contributed by atoms with Crippen molar-refractivity contribution in [1.29, 1.82) is 0 Å². The fraction of sp³-hybridized carbons (Fsp3) is 0.833. The van der Waals surface area contributed by atoms with Gasteiger partial charge in [0.1, 0.15) is 0 Å². The van der Waals surface area contributed by atoms with Crippen LogP contribution in [0.15, 0.2) is 12.2 Å². The Labute approximate surface area is 92.5 Å². The van der Waals surface area contributed by atoms with E-state index in [-0.39, 0.29) is 0 Å². The Morgan fingerprint density at radius 1 is 1.33 bits per heavy atom. The van der Waals surface area contributed by atoms with Gasteiger partial charge in [0, 0.05) is 32.2 Å². The maximum absolute atomic E-state index is 5.32. The van der Waals surface area contributed by atoms with Crippen LogP contribution in [0.2, 0.25) is 0 Å². The number of nitrogens with one attached hydrogen (secondary N) is 1. The summed E-state index contributed by atoms with van der Waals surface area (Å²) in [5.41, 5.74) is 0. The minimum Gasteiger partial charge on any atom is -0.379 e. The highest BCUT2D eigenvalue weighted by molar-refractivity contribution is 4.97. The molecule has 1 saturated heterocycles. The van der Waals surface area contributed by atoms with Gasteiger partial charge in [0.15, 0.2) is 0 Å². The van der Waals surface area contributed by atoms with Crippen LogP contribution in [0, 0.1) is 0 Å². The second-order valence-electron chi connectivity index (χ2n) is 4.37. The zero-order chi connectivity index (χ0) is 10.3. The average molecular weight is 210 g/mol. The molecule has 1 aliphatic heterocycles. The van der Waals surface area contributed by atoms with Gasteiger partial charge in [-0.15, -0.1) is 0 Å². The summed E-state index contributed by atoms with van der Waals surface area (Å²) < 4.78 is 5.32. The van der Waals surface area contributed by atoms with Gasteiger partial charge in [-0.3, -0.25) is 4.90 Å². The molecular formula is C12H22N2O. The van der Waals surface area contributed by atoms with E-state index in [2.05, 4.69) is 22.4 Å². The number of hydrogen-bond donors (Lipinski definition) is 1. The number of morpholine rings is 1.